The number of aromatic nitrogens is 2. The molecule has 19 rings (SSSR count). The third kappa shape index (κ3) is 13.0. The quantitative estimate of drug-likeness (QED) is 0.136. The molecule has 1 aliphatic rings. The fourth-order valence-electron chi connectivity index (χ4n) is 15.2. The smallest absolute Gasteiger partial charge is 0.131 e. The Morgan fingerprint density at radius 3 is 0.899 bits per heavy atom. The van der Waals surface area contributed by atoms with Gasteiger partial charge in [-0.05, 0) is 211 Å². The van der Waals surface area contributed by atoms with Gasteiger partial charge in [-0.1, -0.05) is 249 Å². The summed E-state index contributed by atoms with van der Waals surface area (Å²) in [7, 11) is 0. The fraction of sp³-hybridized carbons (Fsp3) is 0.00990. The Morgan fingerprint density at radius 2 is 0.523 bits per heavy atom. The molecule has 0 N–H and O–H groups in total. The molecule has 6 nitrogen and oxygen atoms in total. The summed E-state index contributed by atoms with van der Waals surface area (Å²) < 4.78 is 32.0. The maximum absolute atomic E-state index is 13.6. The van der Waals surface area contributed by atoms with Crippen LogP contribution < -0.4 is 0 Å². The molecule has 0 atom stereocenters. The highest BCUT2D eigenvalue weighted by atomic mass is 19.1. The van der Waals surface area contributed by atoms with Crippen LogP contribution in [0.2, 0.25) is 0 Å². The number of hydrogen-bond acceptors (Lipinski definition) is 4. The maximum atomic E-state index is 13.6. The molecule has 0 unspecified atom stereocenters. The third-order valence-corrected chi connectivity index (χ3v) is 20.6. The molecule has 510 valence electrons. The minimum atomic E-state index is -0.636. The Morgan fingerprint density at radius 1 is 0.211 bits per heavy atom. The van der Waals surface area contributed by atoms with Crippen molar-refractivity contribution in [3.8, 4) is 136 Å². The molecule has 0 bridgehead atoms. The first kappa shape index (κ1) is 67.1. The van der Waals surface area contributed by atoms with E-state index in [9.17, 15) is 19.3 Å². The summed E-state index contributed by atoms with van der Waals surface area (Å²) in [5.41, 5.74) is 28.9. The summed E-state index contributed by atoms with van der Waals surface area (Å²) in [5, 5.41) is 43.1. The first-order valence-electron chi connectivity index (χ1n) is 35.9. The van der Waals surface area contributed by atoms with Crippen LogP contribution in [0.15, 0.2) is 364 Å². The lowest BCUT2D eigenvalue weighted by Gasteiger charge is -2.19. The summed E-state index contributed by atoms with van der Waals surface area (Å²) in [5.74, 6) is -1.27. The van der Waals surface area contributed by atoms with Crippen molar-refractivity contribution < 1.29 is 8.78 Å². The predicted octanol–water partition coefficient (Wildman–Crippen LogP) is 25.9. The second kappa shape index (κ2) is 29.2. The normalized spacial score (nSPS) is 11.1. The van der Waals surface area contributed by atoms with Crippen LogP contribution in [-0.4, -0.2) is 9.13 Å². The monoisotopic (exact) mass is 1400 g/mol. The zero-order valence-corrected chi connectivity index (χ0v) is 58.8. The third-order valence-electron chi connectivity index (χ3n) is 20.6. The Hall–Kier alpha value is -15.1. The van der Waals surface area contributed by atoms with Gasteiger partial charge in [-0.15, -0.1) is 0 Å². The Bertz CT molecular complexity index is 6420. The molecule has 0 saturated heterocycles. The van der Waals surface area contributed by atoms with Crippen LogP contribution in [0.25, 0.3) is 155 Å². The van der Waals surface area contributed by atoms with Crippen LogP contribution in [0.4, 0.5) is 8.78 Å². The minimum Gasteiger partial charge on any atom is -0.309 e. The van der Waals surface area contributed by atoms with Crippen LogP contribution in [0.1, 0.15) is 33.4 Å². The molecule has 2 aromatic heterocycles. The Kier molecular flexibility index (Phi) is 18.0. The van der Waals surface area contributed by atoms with Crippen LogP contribution in [0.3, 0.4) is 0 Å². The van der Waals surface area contributed by atoms with Gasteiger partial charge in [0.2, 0.25) is 0 Å². The summed E-state index contributed by atoms with van der Waals surface area (Å²) in [6.45, 7) is 0. The van der Waals surface area contributed by atoms with Gasteiger partial charge in [0.25, 0.3) is 0 Å². The summed E-state index contributed by atoms with van der Waals surface area (Å²) in [6, 6.07) is 132. The number of nitriles is 4. The molecule has 16 aromatic carbocycles. The molecule has 0 saturated carbocycles. The van der Waals surface area contributed by atoms with Crippen LogP contribution in [-0.2, 0) is 6.42 Å². The van der Waals surface area contributed by atoms with Crippen LogP contribution in [0, 0.1) is 57.0 Å². The number of hydrogen-bond donors (Lipinski definition) is 0. The van der Waals surface area contributed by atoms with Crippen molar-refractivity contribution >= 4 is 43.6 Å². The zero-order chi connectivity index (χ0) is 73.9. The van der Waals surface area contributed by atoms with Crippen molar-refractivity contribution in [2.45, 2.75) is 6.42 Å². The predicted molar refractivity (Wildman–Crippen MR) is 439 cm³/mol. The van der Waals surface area contributed by atoms with Crippen molar-refractivity contribution in [2.75, 3.05) is 0 Å². The average Bonchev–Trinajstić information content (AvgIpc) is 1.59. The molecular weight excluding hydrogens is 1340 g/mol. The van der Waals surface area contributed by atoms with Gasteiger partial charge in [0, 0.05) is 43.8 Å². The Labute approximate surface area is 629 Å². The van der Waals surface area contributed by atoms with Crippen molar-refractivity contribution in [3.63, 3.8) is 0 Å². The maximum Gasteiger partial charge on any atom is 0.131 e. The SMILES string of the molecule is N#Cc1ccc(-n2c3ccc(-c4ccccc4)cc3c3ccc(-c4ccccc4)cc32)c(-c2cc(C#N)ccc2-n2c3ccc(-c4ccccc4)cc3c3ccc(-c4ccccc4)cc32)c1.N#Cc1ccc(F)c(-c2cc(C#N)ccc2F)c1.c1ccc(-c2ccc3c(c2)Cc2ccc(-c4ccccc4)cc2-3)cc1. The van der Waals surface area contributed by atoms with Crippen molar-refractivity contribution in [1.29, 1.82) is 21.0 Å². The lowest BCUT2D eigenvalue weighted by molar-refractivity contribution is 0.616. The van der Waals surface area contributed by atoms with E-state index in [0.717, 1.165) is 129 Å². The second-order valence-corrected chi connectivity index (χ2v) is 27.0. The molecule has 8 heteroatoms. The van der Waals surface area contributed by atoms with E-state index >= 15 is 0 Å². The van der Waals surface area contributed by atoms with Gasteiger partial charge in [-0.3, -0.25) is 0 Å². The molecule has 0 radical (unpaired) electrons. The van der Waals surface area contributed by atoms with E-state index in [1.54, 1.807) is 0 Å². The van der Waals surface area contributed by atoms with Crippen molar-refractivity contribution in [2.24, 2.45) is 0 Å². The van der Waals surface area contributed by atoms with Gasteiger partial charge in [-0.25, -0.2) is 8.78 Å². The van der Waals surface area contributed by atoms with Gasteiger partial charge in [0.1, 0.15) is 11.6 Å². The van der Waals surface area contributed by atoms with E-state index in [2.05, 4.69) is 300 Å². The van der Waals surface area contributed by atoms with E-state index in [0.29, 0.717) is 11.1 Å². The minimum absolute atomic E-state index is 0.0244. The number of fused-ring (bicyclic) bond motifs is 9. The van der Waals surface area contributed by atoms with Gasteiger partial charge in [0.05, 0.1) is 80.0 Å². The molecule has 18 aromatic rings. The van der Waals surface area contributed by atoms with E-state index in [1.165, 1.54) is 68.8 Å². The topological polar surface area (TPSA) is 105 Å². The molecular formula is C101H62F2N6. The summed E-state index contributed by atoms with van der Waals surface area (Å²) >= 11 is 0. The largest absolute Gasteiger partial charge is 0.309 e. The lowest BCUT2D eigenvalue weighted by Crippen LogP contribution is -2.03. The molecule has 0 amide bonds. The molecule has 0 spiro atoms. The second-order valence-electron chi connectivity index (χ2n) is 27.0. The van der Waals surface area contributed by atoms with Gasteiger partial charge in [-0.2, -0.15) is 21.0 Å². The number of nitrogens with zero attached hydrogens (tertiary/aromatic N) is 6. The molecule has 0 fully saturated rings. The van der Waals surface area contributed by atoms with E-state index in [-0.39, 0.29) is 22.3 Å². The van der Waals surface area contributed by atoms with Crippen molar-refractivity contribution in [3.05, 3.63) is 409 Å². The highest BCUT2D eigenvalue weighted by Gasteiger charge is 2.25. The molecule has 0 aliphatic heterocycles. The highest BCUT2D eigenvalue weighted by molar-refractivity contribution is 6.14. The molecule has 109 heavy (non-hydrogen) atoms. The standard InChI is InChI=1S/C62H38N4.C25H18.C14H6F2N2/c63-39-41-21-29-57(65-59-31-25-47(43-13-5-1-6-14-43)35-55(59)51-27-23-49(37-61(51)65)45-17-9-3-10-18-45)53(33-41)54-34-42(40-64)22-30-58(54)66-60-32-26-48(44-15-7-2-8-16-44)36-56(60)52-28-24-50(38-62(52)66)46-19-11-4-12-20-46;1-3-7-18(8-4-1)20-13-14-24-23(15-20)16-22-12-11-21(17-25(22)24)19-9-5-2-6-10-19;15-13-3-1-9(7-17)5-11(13)12-6-10(8-18)2-4-14(12)16/h1-38H;1-15,17H,16H2;1-6H. The van der Waals surface area contributed by atoms with Crippen molar-refractivity contribution in [1.82, 2.24) is 9.13 Å². The van der Waals surface area contributed by atoms with E-state index in [4.69, 9.17) is 10.5 Å². The van der Waals surface area contributed by atoms with Crippen LogP contribution >= 0.6 is 0 Å². The van der Waals surface area contributed by atoms with E-state index < -0.39 is 11.6 Å². The highest BCUT2D eigenvalue weighted by Crippen LogP contribution is 2.46. The van der Waals surface area contributed by atoms with Crippen LogP contribution in [0.5, 0.6) is 0 Å². The molecule has 1 aliphatic carbocycles. The number of halogens is 2. The Balaban J connectivity index is 0.000000163. The van der Waals surface area contributed by atoms with Gasteiger partial charge < -0.3 is 9.13 Å². The van der Waals surface area contributed by atoms with Gasteiger partial charge >= 0.3 is 0 Å². The molecule has 2 heterocycles. The first-order valence-corrected chi connectivity index (χ1v) is 35.9. The first-order chi connectivity index (χ1) is 53.7. The number of benzene rings is 16. The van der Waals surface area contributed by atoms with E-state index in [1.807, 2.05) is 60.7 Å². The van der Waals surface area contributed by atoms with Gasteiger partial charge in [0.15, 0.2) is 0 Å². The summed E-state index contributed by atoms with van der Waals surface area (Å²) in [6.07, 6.45) is 1.03. The fourth-order valence-corrected chi connectivity index (χ4v) is 15.2. The zero-order valence-electron chi connectivity index (χ0n) is 58.8. The number of rotatable bonds is 10. The summed E-state index contributed by atoms with van der Waals surface area (Å²) in [4.78, 5) is 0. The lowest BCUT2D eigenvalue weighted by atomic mass is 9.96. The average molecular weight is 1400 g/mol.